The number of halogens is 1. The van der Waals surface area contributed by atoms with Crippen LogP contribution in [-0.4, -0.2) is 25.2 Å². The number of carbonyl (C=O) groups is 1. The summed E-state index contributed by atoms with van der Waals surface area (Å²) in [5, 5.41) is 2.95. The summed E-state index contributed by atoms with van der Waals surface area (Å²) >= 11 is 0. The lowest BCUT2D eigenvalue weighted by molar-refractivity contribution is -0.123. The number of nitrogen functional groups attached to an aromatic ring is 1. The Hall–Kier alpha value is -1.26. The molecular weight excluding hydrogens is 264 g/mol. The minimum absolute atomic E-state index is 0. The van der Waals surface area contributed by atoms with Crippen LogP contribution in [0.15, 0.2) is 24.3 Å². The Bertz CT molecular complexity index is 408. The fourth-order valence-electron chi connectivity index (χ4n) is 1.99. The van der Waals surface area contributed by atoms with Gasteiger partial charge < -0.3 is 15.8 Å². The van der Waals surface area contributed by atoms with Crippen molar-refractivity contribution in [1.29, 1.82) is 0 Å². The Morgan fingerprint density at radius 3 is 2.74 bits per heavy atom. The molecule has 0 bridgehead atoms. The zero-order valence-corrected chi connectivity index (χ0v) is 11.9. The molecule has 0 aromatic heterocycles. The van der Waals surface area contributed by atoms with E-state index in [9.17, 15) is 4.79 Å². The van der Waals surface area contributed by atoms with E-state index in [1.165, 1.54) is 5.56 Å². The third-order valence-electron chi connectivity index (χ3n) is 3.14. The summed E-state index contributed by atoms with van der Waals surface area (Å²) in [6, 6.07) is 7.73. The van der Waals surface area contributed by atoms with E-state index in [2.05, 4.69) is 5.32 Å². The number of benzene rings is 1. The van der Waals surface area contributed by atoms with Gasteiger partial charge in [0.05, 0.1) is 12.0 Å². The predicted octanol–water partition coefficient (Wildman–Crippen LogP) is 1.77. The molecule has 5 heteroatoms. The number of rotatable bonds is 6. The summed E-state index contributed by atoms with van der Waals surface area (Å²) in [6.45, 7) is 3.30. The van der Waals surface area contributed by atoms with Crippen molar-refractivity contribution in [2.24, 2.45) is 5.92 Å². The van der Waals surface area contributed by atoms with Gasteiger partial charge in [-0.25, -0.2) is 0 Å². The fraction of sp³-hybridized carbons (Fsp3) is 0.500. The molecule has 3 N–H and O–H groups in total. The first-order valence-corrected chi connectivity index (χ1v) is 6.44. The molecule has 1 amide bonds. The van der Waals surface area contributed by atoms with Crippen LogP contribution in [0.5, 0.6) is 0 Å². The molecule has 1 saturated carbocycles. The van der Waals surface area contributed by atoms with Crippen molar-refractivity contribution in [3.63, 3.8) is 0 Å². The quantitative estimate of drug-likeness (QED) is 0.783. The first-order valence-electron chi connectivity index (χ1n) is 6.44. The van der Waals surface area contributed by atoms with Crippen molar-refractivity contribution >= 4 is 24.0 Å². The topological polar surface area (TPSA) is 64.3 Å². The summed E-state index contributed by atoms with van der Waals surface area (Å²) in [5.41, 5.74) is 7.56. The Kier molecular flexibility index (Phi) is 6.12. The molecule has 2 atom stereocenters. The number of hydrogen-bond donors (Lipinski definition) is 2. The highest BCUT2D eigenvalue weighted by atomic mass is 35.5. The summed E-state index contributed by atoms with van der Waals surface area (Å²) < 4.78 is 5.39. The van der Waals surface area contributed by atoms with E-state index in [-0.39, 0.29) is 30.3 Å². The number of anilines is 1. The van der Waals surface area contributed by atoms with Gasteiger partial charge in [-0.2, -0.15) is 0 Å². The van der Waals surface area contributed by atoms with E-state index in [1.807, 2.05) is 31.2 Å². The van der Waals surface area contributed by atoms with Crippen LogP contribution >= 0.6 is 12.4 Å². The van der Waals surface area contributed by atoms with E-state index in [4.69, 9.17) is 10.5 Å². The van der Waals surface area contributed by atoms with Gasteiger partial charge in [0.2, 0.25) is 5.91 Å². The first kappa shape index (κ1) is 15.8. The minimum atomic E-state index is 0. The molecule has 1 aliphatic carbocycles. The molecule has 19 heavy (non-hydrogen) atoms. The predicted molar refractivity (Wildman–Crippen MR) is 78.3 cm³/mol. The second-order valence-corrected chi connectivity index (χ2v) is 4.62. The molecule has 0 radical (unpaired) electrons. The molecule has 2 rings (SSSR count). The second-order valence-electron chi connectivity index (χ2n) is 4.62. The molecule has 106 valence electrons. The van der Waals surface area contributed by atoms with Gasteiger partial charge in [0.15, 0.2) is 0 Å². The lowest BCUT2D eigenvalue weighted by Crippen LogP contribution is -2.28. The van der Waals surface area contributed by atoms with Crippen LogP contribution in [-0.2, 0) is 16.0 Å². The summed E-state index contributed by atoms with van der Waals surface area (Å²) in [6.07, 6.45) is 1.84. The zero-order chi connectivity index (χ0) is 13.0. The number of ether oxygens (including phenoxy) is 1. The monoisotopic (exact) mass is 284 g/mol. The van der Waals surface area contributed by atoms with Gasteiger partial charge in [-0.1, -0.05) is 12.1 Å². The molecular formula is C14H21ClN2O2. The van der Waals surface area contributed by atoms with Gasteiger partial charge in [0, 0.05) is 18.8 Å². The lowest BCUT2D eigenvalue weighted by Gasteiger charge is -2.05. The van der Waals surface area contributed by atoms with Crippen molar-refractivity contribution in [3.8, 4) is 0 Å². The summed E-state index contributed by atoms with van der Waals surface area (Å²) in [5.74, 6) is 0.181. The lowest BCUT2D eigenvalue weighted by atomic mass is 10.1. The van der Waals surface area contributed by atoms with Crippen LogP contribution in [0.25, 0.3) is 0 Å². The average molecular weight is 285 g/mol. The van der Waals surface area contributed by atoms with Crippen LogP contribution in [0.2, 0.25) is 0 Å². The minimum Gasteiger partial charge on any atom is -0.399 e. The Morgan fingerprint density at radius 2 is 2.11 bits per heavy atom. The largest absolute Gasteiger partial charge is 0.399 e. The van der Waals surface area contributed by atoms with Gasteiger partial charge in [-0.3, -0.25) is 4.79 Å². The molecule has 0 heterocycles. The van der Waals surface area contributed by atoms with Gasteiger partial charge in [-0.05, 0) is 37.5 Å². The van der Waals surface area contributed by atoms with E-state index < -0.39 is 0 Å². The molecule has 4 nitrogen and oxygen atoms in total. The van der Waals surface area contributed by atoms with Crippen molar-refractivity contribution in [1.82, 2.24) is 5.32 Å². The highest BCUT2D eigenvalue weighted by Crippen LogP contribution is 2.33. The van der Waals surface area contributed by atoms with Crippen LogP contribution < -0.4 is 11.1 Å². The number of amides is 1. The summed E-state index contributed by atoms with van der Waals surface area (Å²) in [4.78, 5) is 11.7. The highest BCUT2D eigenvalue weighted by molar-refractivity contribution is 5.85. The molecule has 1 aromatic carbocycles. The highest BCUT2D eigenvalue weighted by Gasteiger charge is 2.43. The summed E-state index contributed by atoms with van der Waals surface area (Å²) in [7, 11) is 0. The average Bonchev–Trinajstić information content (AvgIpc) is 3.11. The Morgan fingerprint density at radius 1 is 1.42 bits per heavy atom. The van der Waals surface area contributed by atoms with Crippen molar-refractivity contribution in [3.05, 3.63) is 29.8 Å². The maximum atomic E-state index is 11.7. The van der Waals surface area contributed by atoms with Crippen LogP contribution in [0.3, 0.4) is 0 Å². The normalized spacial score (nSPS) is 20.5. The number of nitrogens with two attached hydrogens (primary N) is 1. The third-order valence-corrected chi connectivity index (χ3v) is 3.14. The number of hydrogen-bond acceptors (Lipinski definition) is 3. The van der Waals surface area contributed by atoms with Gasteiger partial charge in [0.1, 0.15) is 0 Å². The Labute approximate surface area is 120 Å². The standard InChI is InChI=1S/C14H20N2O2.ClH/c1-2-18-13-9-12(13)14(17)16-8-7-10-3-5-11(15)6-4-10;/h3-6,12-13H,2,7-9,15H2,1H3,(H,16,17);1H. The van der Waals surface area contributed by atoms with Crippen LogP contribution in [0, 0.1) is 5.92 Å². The van der Waals surface area contributed by atoms with Gasteiger partial charge in [0.25, 0.3) is 0 Å². The molecule has 1 fully saturated rings. The fourth-order valence-corrected chi connectivity index (χ4v) is 1.99. The van der Waals surface area contributed by atoms with Crippen molar-refractivity contribution < 1.29 is 9.53 Å². The van der Waals surface area contributed by atoms with Crippen LogP contribution in [0.1, 0.15) is 18.9 Å². The molecule has 0 spiro atoms. The maximum absolute atomic E-state index is 11.7. The van der Waals surface area contributed by atoms with Gasteiger partial charge in [-0.15, -0.1) is 12.4 Å². The molecule has 1 aromatic rings. The SMILES string of the molecule is CCOC1CC1C(=O)NCCc1ccc(N)cc1.Cl. The molecule has 1 aliphatic rings. The van der Waals surface area contributed by atoms with Crippen molar-refractivity contribution in [2.75, 3.05) is 18.9 Å². The van der Waals surface area contributed by atoms with E-state index >= 15 is 0 Å². The second kappa shape index (κ2) is 7.36. The third kappa shape index (κ3) is 4.73. The molecule has 0 aliphatic heterocycles. The zero-order valence-electron chi connectivity index (χ0n) is 11.1. The maximum Gasteiger partial charge on any atom is 0.225 e. The molecule has 2 unspecified atom stereocenters. The number of nitrogens with one attached hydrogen (secondary N) is 1. The smallest absolute Gasteiger partial charge is 0.225 e. The molecule has 0 saturated heterocycles. The van der Waals surface area contributed by atoms with Crippen LogP contribution in [0.4, 0.5) is 5.69 Å². The van der Waals surface area contributed by atoms with E-state index in [0.29, 0.717) is 13.2 Å². The number of carbonyl (C=O) groups excluding carboxylic acids is 1. The van der Waals surface area contributed by atoms with Crippen molar-refractivity contribution in [2.45, 2.75) is 25.9 Å². The Balaban J connectivity index is 0.00000180. The van der Waals surface area contributed by atoms with E-state index in [0.717, 1.165) is 18.5 Å². The van der Waals surface area contributed by atoms with E-state index in [1.54, 1.807) is 0 Å². The first-order chi connectivity index (χ1) is 8.70. The van der Waals surface area contributed by atoms with Gasteiger partial charge >= 0.3 is 0 Å².